The molecule has 1 aromatic carbocycles. The zero-order valence-electron chi connectivity index (χ0n) is 10.5. The second kappa shape index (κ2) is 5.85. The topological polar surface area (TPSA) is 79.3 Å². The molecule has 1 heterocycles. The third-order valence-electron chi connectivity index (χ3n) is 2.82. The van der Waals surface area contributed by atoms with Crippen molar-refractivity contribution >= 4 is 22.8 Å². The van der Waals surface area contributed by atoms with E-state index >= 15 is 0 Å². The molecule has 0 fully saturated rings. The van der Waals surface area contributed by atoms with Crippen molar-refractivity contribution in [3.05, 3.63) is 42.1 Å². The van der Waals surface area contributed by atoms with Crippen LogP contribution < -0.4 is 5.32 Å². The van der Waals surface area contributed by atoms with E-state index in [2.05, 4.69) is 16.2 Å². The maximum absolute atomic E-state index is 12.2. The lowest BCUT2D eigenvalue weighted by Gasteiger charge is -2.12. The molecule has 1 aromatic heterocycles. The van der Waals surface area contributed by atoms with Crippen molar-refractivity contribution in [2.45, 2.75) is 12.5 Å². The summed E-state index contributed by atoms with van der Waals surface area (Å²) in [4.78, 5) is 27.3. The van der Waals surface area contributed by atoms with Gasteiger partial charge in [-0.3, -0.25) is 9.78 Å². The van der Waals surface area contributed by atoms with Crippen LogP contribution in [0, 0.1) is 12.3 Å². The van der Waals surface area contributed by atoms with Crippen molar-refractivity contribution in [2.24, 2.45) is 0 Å². The van der Waals surface area contributed by atoms with Crippen LogP contribution in [0.1, 0.15) is 16.8 Å². The lowest BCUT2D eigenvalue weighted by Crippen LogP contribution is -2.40. The Labute approximate surface area is 115 Å². The van der Waals surface area contributed by atoms with Crippen molar-refractivity contribution in [1.29, 1.82) is 0 Å². The molecule has 100 valence electrons. The number of carboxylic acids is 1. The highest BCUT2D eigenvalue weighted by Gasteiger charge is 2.20. The number of benzene rings is 1. The number of para-hydroxylation sites is 1. The number of pyridine rings is 1. The van der Waals surface area contributed by atoms with Gasteiger partial charge in [-0.1, -0.05) is 18.2 Å². The summed E-state index contributed by atoms with van der Waals surface area (Å²) in [6.45, 7) is 0. The van der Waals surface area contributed by atoms with E-state index in [1.165, 1.54) is 6.20 Å². The summed E-state index contributed by atoms with van der Waals surface area (Å²) < 4.78 is 0. The minimum absolute atomic E-state index is 0.0654. The first-order chi connectivity index (χ1) is 9.63. The zero-order valence-corrected chi connectivity index (χ0v) is 10.5. The Balaban J connectivity index is 2.32. The average Bonchev–Trinajstić information content (AvgIpc) is 2.46. The standard InChI is InChI=1S/C15H12N2O3/c1-2-5-13(15(19)20)17-14(18)11-8-9-16-12-7-4-3-6-10(11)12/h1,3-4,6-9,13H,5H2,(H,17,18)(H,19,20)/t13-/m0/s1. The SMILES string of the molecule is C#CC[C@H](NC(=O)c1ccnc2ccccc12)C(=O)O. The van der Waals surface area contributed by atoms with Gasteiger partial charge in [0.1, 0.15) is 6.04 Å². The highest BCUT2D eigenvalue weighted by molar-refractivity contribution is 6.06. The fourth-order valence-electron chi connectivity index (χ4n) is 1.85. The van der Waals surface area contributed by atoms with E-state index in [9.17, 15) is 9.59 Å². The van der Waals surface area contributed by atoms with Crippen LogP contribution in [0.15, 0.2) is 36.5 Å². The summed E-state index contributed by atoms with van der Waals surface area (Å²) in [6, 6.07) is 7.59. The minimum Gasteiger partial charge on any atom is -0.480 e. The van der Waals surface area contributed by atoms with E-state index in [-0.39, 0.29) is 6.42 Å². The molecule has 5 heteroatoms. The number of hydrogen-bond acceptors (Lipinski definition) is 3. The van der Waals surface area contributed by atoms with Crippen molar-refractivity contribution in [2.75, 3.05) is 0 Å². The molecule has 2 N–H and O–H groups in total. The Morgan fingerprint density at radius 2 is 2.10 bits per heavy atom. The highest BCUT2D eigenvalue weighted by Crippen LogP contribution is 2.16. The molecule has 0 spiro atoms. The van der Waals surface area contributed by atoms with Gasteiger partial charge in [0.2, 0.25) is 0 Å². The van der Waals surface area contributed by atoms with Crippen molar-refractivity contribution < 1.29 is 14.7 Å². The molecule has 20 heavy (non-hydrogen) atoms. The monoisotopic (exact) mass is 268 g/mol. The largest absolute Gasteiger partial charge is 0.480 e. The van der Waals surface area contributed by atoms with E-state index in [4.69, 9.17) is 11.5 Å². The molecular weight excluding hydrogens is 256 g/mol. The number of nitrogens with one attached hydrogen (secondary N) is 1. The number of nitrogens with zero attached hydrogens (tertiary/aromatic N) is 1. The summed E-state index contributed by atoms with van der Waals surface area (Å²) >= 11 is 0. The summed E-state index contributed by atoms with van der Waals surface area (Å²) in [5.74, 6) is 0.597. The van der Waals surface area contributed by atoms with E-state index in [1.807, 2.05) is 6.07 Å². The maximum atomic E-state index is 12.2. The molecular formula is C15H12N2O3. The number of carboxylic acid groups (broad SMARTS) is 1. The van der Waals surface area contributed by atoms with E-state index in [0.717, 1.165) is 0 Å². The second-order valence-corrected chi connectivity index (χ2v) is 4.15. The predicted molar refractivity (Wildman–Crippen MR) is 74.1 cm³/mol. The Morgan fingerprint density at radius 1 is 1.35 bits per heavy atom. The fourth-order valence-corrected chi connectivity index (χ4v) is 1.85. The normalized spacial score (nSPS) is 11.6. The van der Waals surface area contributed by atoms with Crippen LogP contribution in [0.3, 0.4) is 0 Å². The van der Waals surface area contributed by atoms with E-state index < -0.39 is 17.9 Å². The van der Waals surface area contributed by atoms with Gasteiger partial charge < -0.3 is 10.4 Å². The minimum atomic E-state index is -1.16. The Hall–Kier alpha value is -2.87. The molecule has 0 aliphatic heterocycles. The van der Waals surface area contributed by atoms with Gasteiger partial charge in [-0.05, 0) is 12.1 Å². The molecule has 1 amide bonds. The van der Waals surface area contributed by atoms with Gasteiger partial charge >= 0.3 is 5.97 Å². The van der Waals surface area contributed by atoms with Gasteiger partial charge in [0.15, 0.2) is 0 Å². The molecule has 0 unspecified atom stereocenters. The number of terminal acetylenes is 1. The van der Waals surface area contributed by atoms with Gasteiger partial charge in [-0.25, -0.2) is 4.79 Å². The van der Waals surface area contributed by atoms with E-state index in [1.54, 1.807) is 24.3 Å². The number of rotatable bonds is 4. The molecule has 5 nitrogen and oxygen atoms in total. The van der Waals surface area contributed by atoms with Crippen LogP contribution in [0.4, 0.5) is 0 Å². The lowest BCUT2D eigenvalue weighted by molar-refractivity contribution is -0.139. The van der Waals surface area contributed by atoms with Crippen LogP contribution in [0.25, 0.3) is 10.9 Å². The average molecular weight is 268 g/mol. The van der Waals surface area contributed by atoms with Gasteiger partial charge in [-0.15, -0.1) is 12.3 Å². The summed E-state index contributed by atoms with van der Waals surface area (Å²) in [6.07, 6.45) is 6.54. The number of aromatic nitrogens is 1. The molecule has 2 rings (SSSR count). The van der Waals surface area contributed by atoms with Crippen LogP contribution in [0.2, 0.25) is 0 Å². The number of carbonyl (C=O) groups is 2. The van der Waals surface area contributed by atoms with Crippen LogP contribution in [-0.4, -0.2) is 28.0 Å². The molecule has 0 saturated carbocycles. The smallest absolute Gasteiger partial charge is 0.327 e. The zero-order chi connectivity index (χ0) is 14.5. The van der Waals surface area contributed by atoms with Crippen LogP contribution >= 0.6 is 0 Å². The number of amides is 1. The van der Waals surface area contributed by atoms with Crippen LogP contribution in [-0.2, 0) is 4.79 Å². The maximum Gasteiger partial charge on any atom is 0.327 e. The number of carbonyl (C=O) groups excluding carboxylic acids is 1. The lowest BCUT2D eigenvalue weighted by atomic mass is 10.1. The second-order valence-electron chi connectivity index (χ2n) is 4.15. The number of fused-ring (bicyclic) bond motifs is 1. The van der Waals surface area contributed by atoms with Crippen molar-refractivity contribution in [3.8, 4) is 12.3 Å². The third-order valence-corrected chi connectivity index (χ3v) is 2.82. The Bertz CT molecular complexity index is 698. The molecule has 0 saturated heterocycles. The number of aliphatic carboxylic acids is 1. The van der Waals surface area contributed by atoms with Gasteiger partial charge in [0, 0.05) is 18.0 Å². The molecule has 2 aromatic rings. The summed E-state index contributed by atoms with van der Waals surface area (Å²) in [5, 5.41) is 12.1. The fraction of sp³-hybridized carbons (Fsp3) is 0.133. The molecule has 1 atom stereocenters. The quantitative estimate of drug-likeness (QED) is 0.822. The van der Waals surface area contributed by atoms with Gasteiger partial charge in [-0.2, -0.15) is 0 Å². The Kier molecular flexibility index (Phi) is 3.96. The van der Waals surface area contributed by atoms with Crippen molar-refractivity contribution in [1.82, 2.24) is 10.3 Å². The van der Waals surface area contributed by atoms with Gasteiger partial charge in [0.25, 0.3) is 5.91 Å². The highest BCUT2D eigenvalue weighted by atomic mass is 16.4. The predicted octanol–water partition coefficient (Wildman–Crippen LogP) is 1.44. The first-order valence-electron chi connectivity index (χ1n) is 5.94. The number of hydrogen-bond donors (Lipinski definition) is 2. The first kappa shape index (κ1) is 13.6. The third kappa shape index (κ3) is 2.75. The molecule has 0 radical (unpaired) electrons. The van der Waals surface area contributed by atoms with Crippen LogP contribution in [0.5, 0.6) is 0 Å². The Morgan fingerprint density at radius 3 is 2.80 bits per heavy atom. The van der Waals surface area contributed by atoms with Crippen molar-refractivity contribution in [3.63, 3.8) is 0 Å². The molecule has 0 aliphatic carbocycles. The first-order valence-corrected chi connectivity index (χ1v) is 5.94. The summed E-state index contributed by atoms with van der Waals surface area (Å²) in [5.41, 5.74) is 1.04. The molecule has 0 bridgehead atoms. The summed E-state index contributed by atoms with van der Waals surface area (Å²) in [7, 11) is 0. The van der Waals surface area contributed by atoms with Gasteiger partial charge in [0.05, 0.1) is 11.1 Å². The van der Waals surface area contributed by atoms with E-state index in [0.29, 0.717) is 16.5 Å². The molecule has 0 aliphatic rings.